The van der Waals surface area contributed by atoms with Gasteiger partial charge >= 0.3 is 0 Å². The van der Waals surface area contributed by atoms with Crippen molar-refractivity contribution >= 4 is 5.91 Å². The first-order chi connectivity index (χ1) is 7.68. The largest absolute Gasteiger partial charge is 0.378 e. The van der Waals surface area contributed by atoms with E-state index in [0.717, 1.165) is 32.7 Å². The number of carbonyl (C=O) groups is 1. The lowest BCUT2D eigenvalue weighted by Crippen LogP contribution is -2.50. The number of carbonyl (C=O) groups excluding carboxylic acids is 1. The fourth-order valence-electron chi connectivity index (χ4n) is 2.32. The monoisotopic (exact) mass is 226 g/mol. The van der Waals surface area contributed by atoms with Crippen LogP contribution in [0.1, 0.15) is 20.3 Å². The molecule has 4 heteroatoms. The minimum Gasteiger partial charge on any atom is -0.378 e. The van der Waals surface area contributed by atoms with E-state index in [1.165, 1.54) is 0 Å². The van der Waals surface area contributed by atoms with Gasteiger partial charge in [-0.05, 0) is 32.4 Å². The number of hydrogen-bond donors (Lipinski definition) is 2. The van der Waals surface area contributed by atoms with Crippen LogP contribution in [0, 0.1) is 17.8 Å². The average Bonchev–Trinajstić information content (AvgIpc) is 2.57. The minimum absolute atomic E-state index is 0.138. The first-order valence-electron chi connectivity index (χ1n) is 6.28. The van der Waals surface area contributed by atoms with Crippen molar-refractivity contribution in [3.63, 3.8) is 0 Å². The summed E-state index contributed by atoms with van der Waals surface area (Å²) in [5.41, 5.74) is 0. The van der Waals surface area contributed by atoms with Crippen molar-refractivity contribution < 1.29 is 9.53 Å². The Balaban J connectivity index is 1.70. The molecule has 0 saturated carbocycles. The highest BCUT2D eigenvalue weighted by Crippen LogP contribution is 2.20. The fraction of sp³-hybridized carbons (Fsp3) is 0.917. The molecule has 2 aliphatic rings. The van der Waals surface area contributed by atoms with E-state index in [1.54, 1.807) is 0 Å². The van der Waals surface area contributed by atoms with E-state index in [1.807, 2.05) is 6.92 Å². The highest BCUT2D eigenvalue weighted by atomic mass is 16.5. The second-order valence-electron chi connectivity index (χ2n) is 5.08. The number of nitrogens with one attached hydrogen (secondary N) is 2. The lowest BCUT2D eigenvalue weighted by molar-refractivity contribution is -0.126. The van der Waals surface area contributed by atoms with Crippen LogP contribution in [0.5, 0.6) is 0 Å². The van der Waals surface area contributed by atoms with E-state index in [9.17, 15) is 4.79 Å². The summed E-state index contributed by atoms with van der Waals surface area (Å²) >= 11 is 0. The second-order valence-corrected chi connectivity index (χ2v) is 5.08. The van der Waals surface area contributed by atoms with Gasteiger partial charge in [-0.1, -0.05) is 6.92 Å². The molecule has 2 aliphatic heterocycles. The van der Waals surface area contributed by atoms with Gasteiger partial charge < -0.3 is 15.4 Å². The smallest absolute Gasteiger partial charge is 0.223 e. The number of ether oxygens (including phenoxy) is 1. The van der Waals surface area contributed by atoms with Gasteiger partial charge in [-0.25, -0.2) is 0 Å². The summed E-state index contributed by atoms with van der Waals surface area (Å²) in [5, 5.41) is 6.26. The lowest BCUT2D eigenvalue weighted by atomic mass is 9.88. The maximum Gasteiger partial charge on any atom is 0.223 e. The molecule has 0 aromatic carbocycles. The first kappa shape index (κ1) is 11.9. The predicted molar refractivity (Wildman–Crippen MR) is 62.1 cm³/mol. The standard InChI is InChI=1S/C12H22N2O2/c1-8(11-5-13-6-11)12(15)14-7-10-3-4-16-9(10)2/h8-11,13H,3-7H2,1-2H3,(H,14,15). The fourth-order valence-corrected chi connectivity index (χ4v) is 2.32. The van der Waals surface area contributed by atoms with Gasteiger partial charge in [-0.3, -0.25) is 4.79 Å². The topological polar surface area (TPSA) is 50.4 Å². The molecule has 4 nitrogen and oxygen atoms in total. The molecule has 2 N–H and O–H groups in total. The molecule has 2 fully saturated rings. The Kier molecular flexibility index (Phi) is 3.82. The van der Waals surface area contributed by atoms with Crippen LogP contribution >= 0.6 is 0 Å². The quantitative estimate of drug-likeness (QED) is 0.729. The van der Waals surface area contributed by atoms with Crippen molar-refractivity contribution in [3.8, 4) is 0 Å². The predicted octanol–water partition coefficient (Wildman–Crippen LogP) is 0.383. The van der Waals surface area contributed by atoms with E-state index in [0.29, 0.717) is 17.9 Å². The van der Waals surface area contributed by atoms with E-state index < -0.39 is 0 Å². The minimum atomic E-state index is 0.138. The van der Waals surface area contributed by atoms with Crippen LogP contribution in [0.4, 0.5) is 0 Å². The Morgan fingerprint density at radius 3 is 2.81 bits per heavy atom. The van der Waals surface area contributed by atoms with E-state index in [-0.39, 0.29) is 11.8 Å². The highest BCUT2D eigenvalue weighted by Gasteiger charge is 2.30. The molecule has 1 amide bonds. The summed E-state index contributed by atoms with van der Waals surface area (Å²) < 4.78 is 5.48. The molecule has 3 unspecified atom stereocenters. The normalized spacial score (nSPS) is 32.1. The van der Waals surface area contributed by atoms with E-state index >= 15 is 0 Å². The summed E-state index contributed by atoms with van der Waals surface area (Å²) in [6.07, 6.45) is 1.36. The molecule has 0 aromatic rings. The molecule has 0 aromatic heterocycles. The Morgan fingerprint density at radius 2 is 2.31 bits per heavy atom. The summed E-state index contributed by atoms with van der Waals surface area (Å²) in [7, 11) is 0. The summed E-state index contributed by atoms with van der Waals surface area (Å²) in [6.45, 7) is 7.68. The molecule has 2 heterocycles. The Hall–Kier alpha value is -0.610. The first-order valence-corrected chi connectivity index (χ1v) is 6.28. The van der Waals surface area contributed by atoms with Crippen molar-refractivity contribution in [2.24, 2.45) is 17.8 Å². The van der Waals surface area contributed by atoms with Gasteiger partial charge in [0.1, 0.15) is 0 Å². The van der Waals surface area contributed by atoms with Crippen LogP contribution in [0.3, 0.4) is 0 Å². The van der Waals surface area contributed by atoms with Gasteiger partial charge in [0.2, 0.25) is 5.91 Å². The molecule has 2 rings (SSSR count). The number of hydrogen-bond acceptors (Lipinski definition) is 3. The van der Waals surface area contributed by atoms with Crippen molar-refractivity contribution in [2.75, 3.05) is 26.2 Å². The van der Waals surface area contributed by atoms with Gasteiger partial charge in [0.05, 0.1) is 6.10 Å². The van der Waals surface area contributed by atoms with Gasteiger partial charge in [0.25, 0.3) is 0 Å². The maximum atomic E-state index is 11.9. The van der Waals surface area contributed by atoms with Gasteiger partial charge in [-0.2, -0.15) is 0 Å². The Bertz CT molecular complexity index is 253. The molecular weight excluding hydrogens is 204 g/mol. The molecule has 3 atom stereocenters. The van der Waals surface area contributed by atoms with E-state index in [4.69, 9.17) is 4.74 Å². The third-order valence-electron chi connectivity index (χ3n) is 4.01. The van der Waals surface area contributed by atoms with Crippen LogP contribution < -0.4 is 10.6 Å². The molecule has 0 bridgehead atoms. The van der Waals surface area contributed by atoms with Crippen LogP contribution in [-0.2, 0) is 9.53 Å². The zero-order valence-electron chi connectivity index (χ0n) is 10.2. The van der Waals surface area contributed by atoms with Crippen LogP contribution in [-0.4, -0.2) is 38.3 Å². The van der Waals surface area contributed by atoms with E-state index in [2.05, 4.69) is 17.6 Å². The van der Waals surface area contributed by atoms with Crippen LogP contribution in [0.15, 0.2) is 0 Å². The van der Waals surface area contributed by atoms with Crippen molar-refractivity contribution in [1.29, 1.82) is 0 Å². The average molecular weight is 226 g/mol. The molecule has 0 aliphatic carbocycles. The maximum absolute atomic E-state index is 11.9. The van der Waals surface area contributed by atoms with Crippen molar-refractivity contribution in [3.05, 3.63) is 0 Å². The Morgan fingerprint density at radius 1 is 1.56 bits per heavy atom. The summed E-state index contributed by atoms with van der Waals surface area (Å²) in [4.78, 5) is 11.9. The van der Waals surface area contributed by atoms with Gasteiger partial charge in [0, 0.05) is 25.0 Å². The molecular formula is C12H22N2O2. The highest BCUT2D eigenvalue weighted by molar-refractivity contribution is 5.78. The molecule has 92 valence electrons. The molecule has 0 radical (unpaired) electrons. The SMILES string of the molecule is CC1OCCC1CNC(=O)C(C)C1CNC1. The van der Waals surface area contributed by atoms with Gasteiger partial charge in [-0.15, -0.1) is 0 Å². The molecule has 2 saturated heterocycles. The third kappa shape index (κ3) is 2.55. The Labute approximate surface area is 97.1 Å². The number of amides is 1. The summed E-state index contributed by atoms with van der Waals surface area (Å²) in [5.74, 6) is 1.36. The van der Waals surface area contributed by atoms with Crippen LogP contribution in [0.25, 0.3) is 0 Å². The lowest BCUT2D eigenvalue weighted by Gasteiger charge is -2.32. The van der Waals surface area contributed by atoms with Gasteiger partial charge in [0.15, 0.2) is 0 Å². The third-order valence-corrected chi connectivity index (χ3v) is 4.01. The summed E-state index contributed by atoms with van der Waals surface area (Å²) in [6, 6.07) is 0. The van der Waals surface area contributed by atoms with Crippen molar-refractivity contribution in [2.45, 2.75) is 26.4 Å². The molecule has 16 heavy (non-hydrogen) atoms. The molecule has 0 spiro atoms. The number of rotatable bonds is 4. The zero-order chi connectivity index (χ0) is 11.5. The van der Waals surface area contributed by atoms with Crippen molar-refractivity contribution in [1.82, 2.24) is 10.6 Å². The zero-order valence-corrected chi connectivity index (χ0v) is 10.2. The van der Waals surface area contributed by atoms with Crippen LogP contribution in [0.2, 0.25) is 0 Å². The second kappa shape index (κ2) is 5.15.